The molecule has 0 spiro atoms. The van der Waals surface area contributed by atoms with Gasteiger partial charge in [0.15, 0.2) is 11.6 Å². The predicted molar refractivity (Wildman–Crippen MR) is 148 cm³/mol. The van der Waals surface area contributed by atoms with E-state index in [1.807, 2.05) is 4.90 Å². The lowest BCUT2D eigenvalue weighted by Gasteiger charge is -2.35. The number of allylic oxidation sites excluding steroid dienone is 1. The maximum Gasteiger partial charge on any atom is 0.277 e. The molecule has 2 aliphatic heterocycles. The molecular formula is C28H28ClF3N6O3. The van der Waals surface area contributed by atoms with Gasteiger partial charge < -0.3 is 14.7 Å². The van der Waals surface area contributed by atoms with Gasteiger partial charge in [-0.25, -0.2) is 23.1 Å². The molecular weight excluding hydrogens is 561 g/mol. The molecule has 216 valence electrons. The van der Waals surface area contributed by atoms with E-state index in [0.717, 1.165) is 6.20 Å². The number of pyridine rings is 2. The van der Waals surface area contributed by atoms with E-state index < -0.39 is 41.1 Å². The third-order valence-corrected chi connectivity index (χ3v) is 7.57. The Morgan fingerprint density at radius 2 is 1.93 bits per heavy atom. The number of anilines is 1. The van der Waals surface area contributed by atoms with Crippen molar-refractivity contribution in [1.82, 2.24) is 19.5 Å². The van der Waals surface area contributed by atoms with Crippen LogP contribution in [0.5, 0.6) is 5.75 Å². The van der Waals surface area contributed by atoms with Crippen molar-refractivity contribution in [2.75, 3.05) is 24.5 Å². The number of aryl methyl sites for hydroxylation is 1. The minimum Gasteiger partial charge on any atom is -0.485 e. The first-order valence-corrected chi connectivity index (χ1v) is 13.4. The Balaban J connectivity index is 1.46. The second-order valence-corrected chi connectivity index (χ2v) is 10.9. The molecule has 13 heteroatoms. The topological polar surface area (TPSA) is 106 Å². The van der Waals surface area contributed by atoms with Crippen molar-refractivity contribution in [2.45, 2.75) is 45.8 Å². The molecule has 1 atom stereocenters. The second kappa shape index (κ2) is 11.2. The van der Waals surface area contributed by atoms with Gasteiger partial charge >= 0.3 is 0 Å². The molecule has 2 aliphatic rings. The zero-order valence-corrected chi connectivity index (χ0v) is 23.4. The fraction of sp³-hybridized carbons (Fsp3) is 0.393. The molecule has 0 aromatic carbocycles. The number of halogens is 4. The Hall–Kier alpha value is -3.77. The average molecular weight is 589 g/mol. The highest BCUT2D eigenvalue weighted by molar-refractivity contribution is 6.31. The smallest absolute Gasteiger partial charge is 0.277 e. The van der Waals surface area contributed by atoms with E-state index >= 15 is 4.39 Å². The van der Waals surface area contributed by atoms with Crippen molar-refractivity contribution in [2.24, 2.45) is 10.9 Å². The van der Waals surface area contributed by atoms with Crippen LogP contribution in [0.1, 0.15) is 43.8 Å². The summed E-state index contributed by atoms with van der Waals surface area (Å²) in [7, 11) is 0. The maximum absolute atomic E-state index is 16.2. The summed E-state index contributed by atoms with van der Waals surface area (Å²) in [6.07, 6.45) is 3.48. The Morgan fingerprint density at radius 1 is 1.20 bits per heavy atom. The SMILES string of the molecule is Cc1cc(OCc2ncc(F)cc2F)c(Cl)c(=O)n1C1=C(F)C(c2ccnc(N3CCC(C)(O)CC3)n2)=NC[C@@H]1C. The van der Waals surface area contributed by atoms with E-state index in [-0.39, 0.29) is 40.1 Å². The fourth-order valence-corrected chi connectivity index (χ4v) is 5.03. The molecule has 1 saturated heterocycles. The third kappa shape index (κ3) is 5.84. The van der Waals surface area contributed by atoms with E-state index in [9.17, 15) is 18.7 Å². The fourth-order valence-electron chi connectivity index (χ4n) is 4.84. The zero-order valence-electron chi connectivity index (χ0n) is 22.7. The molecule has 0 unspecified atom stereocenters. The zero-order chi connectivity index (χ0) is 29.5. The molecule has 0 aliphatic carbocycles. The van der Waals surface area contributed by atoms with Crippen LogP contribution in [0.3, 0.4) is 0 Å². The quantitative estimate of drug-likeness (QED) is 0.453. The number of piperidine rings is 1. The van der Waals surface area contributed by atoms with Crippen LogP contribution in [-0.2, 0) is 6.61 Å². The maximum atomic E-state index is 16.2. The number of hydrogen-bond acceptors (Lipinski definition) is 8. The summed E-state index contributed by atoms with van der Waals surface area (Å²) in [6, 6.07) is 3.67. The number of aliphatic hydroxyl groups is 1. The normalized spacial score (nSPS) is 18.9. The van der Waals surface area contributed by atoms with Crippen LogP contribution in [0.2, 0.25) is 5.02 Å². The van der Waals surface area contributed by atoms with Crippen molar-refractivity contribution in [3.05, 3.63) is 80.5 Å². The molecule has 3 aromatic heterocycles. The summed E-state index contributed by atoms with van der Waals surface area (Å²) < 4.78 is 50.0. The largest absolute Gasteiger partial charge is 0.485 e. The van der Waals surface area contributed by atoms with Crippen LogP contribution in [0.25, 0.3) is 5.70 Å². The van der Waals surface area contributed by atoms with Crippen LogP contribution in [0.15, 0.2) is 46.2 Å². The molecule has 1 N–H and O–H groups in total. The molecule has 0 amide bonds. The number of aromatic nitrogens is 4. The van der Waals surface area contributed by atoms with E-state index in [1.54, 1.807) is 26.8 Å². The predicted octanol–water partition coefficient (Wildman–Crippen LogP) is 4.48. The molecule has 9 nitrogen and oxygen atoms in total. The van der Waals surface area contributed by atoms with Gasteiger partial charge in [-0.05, 0) is 32.8 Å². The molecule has 1 fully saturated rings. The van der Waals surface area contributed by atoms with Gasteiger partial charge in [0.05, 0.1) is 23.2 Å². The van der Waals surface area contributed by atoms with E-state index in [4.69, 9.17) is 16.3 Å². The van der Waals surface area contributed by atoms with Crippen molar-refractivity contribution in [3.63, 3.8) is 0 Å². The summed E-state index contributed by atoms with van der Waals surface area (Å²) in [5, 5.41) is 9.93. The minimum atomic E-state index is -0.902. The van der Waals surface area contributed by atoms with E-state index in [1.165, 1.54) is 16.8 Å². The lowest BCUT2D eigenvalue weighted by molar-refractivity contribution is 0.0349. The highest BCUT2D eigenvalue weighted by atomic mass is 35.5. The average Bonchev–Trinajstić information content (AvgIpc) is 2.92. The molecule has 3 aromatic rings. The van der Waals surface area contributed by atoms with Gasteiger partial charge in [-0.2, -0.15) is 0 Å². The van der Waals surface area contributed by atoms with Gasteiger partial charge in [-0.3, -0.25) is 19.3 Å². The summed E-state index contributed by atoms with van der Waals surface area (Å²) in [5.41, 5.74) is -0.987. The van der Waals surface area contributed by atoms with Crippen LogP contribution in [0.4, 0.5) is 19.1 Å². The molecule has 41 heavy (non-hydrogen) atoms. The molecule has 5 heterocycles. The van der Waals surface area contributed by atoms with Crippen LogP contribution in [0, 0.1) is 24.5 Å². The number of hydrogen-bond donors (Lipinski definition) is 1. The van der Waals surface area contributed by atoms with Gasteiger partial charge in [0.1, 0.15) is 34.6 Å². The standard InChI is InChI=1S/C28H28ClF3N6O3/c1-15-12-35-24(19-4-7-33-27(36-19)37-8-5-28(3,40)6-9-37)23(32)25(15)38-16(2)10-21(22(29)26(38)39)41-14-20-18(31)11-17(30)13-34-20/h4,7,10-11,13,15,40H,5-6,8-9,12,14H2,1-3H3/t15-/m0/s1. The van der Waals surface area contributed by atoms with Crippen LogP contribution < -0.4 is 15.2 Å². The van der Waals surface area contributed by atoms with Gasteiger partial charge in [0.25, 0.3) is 5.56 Å². The Kier molecular flexibility index (Phi) is 7.89. The molecule has 0 saturated carbocycles. The molecule has 0 bridgehead atoms. The number of dihydropyridines is 1. The van der Waals surface area contributed by atoms with Crippen molar-refractivity contribution >= 4 is 29.0 Å². The van der Waals surface area contributed by atoms with Gasteiger partial charge in [0.2, 0.25) is 5.95 Å². The highest BCUT2D eigenvalue weighted by Gasteiger charge is 2.31. The van der Waals surface area contributed by atoms with Crippen LogP contribution >= 0.6 is 11.6 Å². The number of aliphatic imine (C=N–C) groups is 1. The molecule has 0 radical (unpaired) electrons. The molecule has 5 rings (SSSR count). The van der Waals surface area contributed by atoms with E-state index in [0.29, 0.717) is 43.6 Å². The summed E-state index contributed by atoms with van der Waals surface area (Å²) in [5.74, 6) is -2.57. The first-order valence-electron chi connectivity index (χ1n) is 13.1. The summed E-state index contributed by atoms with van der Waals surface area (Å²) >= 11 is 6.34. The van der Waals surface area contributed by atoms with Crippen molar-refractivity contribution in [3.8, 4) is 5.75 Å². The monoisotopic (exact) mass is 588 g/mol. The highest BCUT2D eigenvalue weighted by Crippen LogP contribution is 2.32. The number of rotatable bonds is 6. The first-order chi connectivity index (χ1) is 19.4. The van der Waals surface area contributed by atoms with Crippen LogP contribution in [-0.4, -0.2) is 55.6 Å². The van der Waals surface area contributed by atoms with Gasteiger partial charge in [-0.1, -0.05) is 18.5 Å². The second-order valence-electron chi connectivity index (χ2n) is 10.5. The minimum absolute atomic E-state index is 0.00800. The third-order valence-electron chi connectivity index (χ3n) is 7.22. The number of ether oxygens (including phenoxy) is 1. The Morgan fingerprint density at radius 3 is 2.63 bits per heavy atom. The first kappa shape index (κ1) is 28.7. The lowest BCUT2D eigenvalue weighted by Crippen LogP contribution is -2.43. The summed E-state index contributed by atoms with van der Waals surface area (Å²) in [6.45, 7) is 6.02. The van der Waals surface area contributed by atoms with Gasteiger partial charge in [-0.15, -0.1) is 0 Å². The van der Waals surface area contributed by atoms with Crippen molar-refractivity contribution in [1.29, 1.82) is 0 Å². The Labute approximate surface area is 239 Å². The van der Waals surface area contributed by atoms with Gasteiger partial charge in [0, 0.05) is 49.6 Å². The van der Waals surface area contributed by atoms with E-state index in [2.05, 4.69) is 19.9 Å². The number of nitrogens with zero attached hydrogens (tertiary/aromatic N) is 6. The lowest BCUT2D eigenvalue weighted by atomic mass is 9.94. The Bertz CT molecular complexity index is 1610. The van der Waals surface area contributed by atoms with Crippen molar-refractivity contribution < 1.29 is 23.0 Å². The summed E-state index contributed by atoms with van der Waals surface area (Å²) in [4.78, 5) is 32.3.